The SMILES string of the molecule is Cc1cc2c(=O)[nH]c(SCCN(C)C)nc2s1. The monoisotopic (exact) mass is 269 g/mol. The van der Waals surface area contributed by atoms with Crippen molar-refractivity contribution in [2.24, 2.45) is 0 Å². The predicted octanol–water partition coefficient (Wildman–Crippen LogP) is 1.95. The number of fused-ring (bicyclic) bond motifs is 1. The van der Waals surface area contributed by atoms with E-state index >= 15 is 0 Å². The molecule has 0 aromatic carbocycles. The number of hydrogen-bond acceptors (Lipinski definition) is 5. The van der Waals surface area contributed by atoms with Crippen molar-refractivity contribution in [3.8, 4) is 0 Å². The van der Waals surface area contributed by atoms with Gasteiger partial charge in [-0.1, -0.05) is 11.8 Å². The number of aromatic amines is 1. The molecule has 1 N–H and O–H groups in total. The Morgan fingerprint density at radius 2 is 2.29 bits per heavy atom. The van der Waals surface area contributed by atoms with Crippen molar-refractivity contribution in [2.75, 3.05) is 26.4 Å². The number of thiophene rings is 1. The highest BCUT2D eigenvalue weighted by atomic mass is 32.2. The van der Waals surface area contributed by atoms with Crippen LogP contribution in [0.5, 0.6) is 0 Å². The molecule has 0 spiro atoms. The molecule has 2 aromatic heterocycles. The first-order chi connectivity index (χ1) is 8.06. The molecule has 0 fully saturated rings. The highest BCUT2D eigenvalue weighted by molar-refractivity contribution is 7.99. The molecule has 0 aliphatic carbocycles. The number of nitrogens with one attached hydrogen (secondary N) is 1. The standard InChI is InChI=1S/C11H15N3OS2/c1-7-6-8-9(15)12-11(13-10(8)17-7)16-5-4-14(2)3/h6H,4-5H2,1-3H3,(H,12,13,15). The molecule has 0 atom stereocenters. The second-order valence-electron chi connectivity index (χ2n) is 4.10. The Bertz CT molecular complexity index is 574. The van der Waals surface area contributed by atoms with Crippen LogP contribution in [0.15, 0.2) is 16.0 Å². The third-order valence-corrected chi connectivity index (χ3v) is 4.08. The Morgan fingerprint density at radius 3 is 3.00 bits per heavy atom. The van der Waals surface area contributed by atoms with Crippen LogP contribution in [0.25, 0.3) is 10.2 Å². The molecule has 0 unspecified atom stereocenters. The fraction of sp³-hybridized carbons (Fsp3) is 0.455. The summed E-state index contributed by atoms with van der Waals surface area (Å²) in [5.74, 6) is 0.922. The summed E-state index contributed by atoms with van der Waals surface area (Å²) in [5.41, 5.74) is -0.0355. The van der Waals surface area contributed by atoms with Crippen molar-refractivity contribution >= 4 is 33.3 Å². The van der Waals surface area contributed by atoms with E-state index in [2.05, 4.69) is 14.9 Å². The molecule has 0 bridgehead atoms. The molecule has 17 heavy (non-hydrogen) atoms. The normalized spacial score (nSPS) is 11.5. The average Bonchev–Trinajstić information content (AvgIpc) is 2.58. The Kier molecular flexibility index (Phi) is 3.86. The molecule has 0 saturated heterocycles. The fourth-order valence-electron chi connectivity index (χ4n) is 1.43. The van der Waals surface area contributed by atoms with Gasteiger partial charge in [0.25, 0.3) is 5.56 Å². The molecule has 0 aliphatic heterocycles. The summed E-state index contributed by atoms with van der Waals surface area (Å²) in [5, 5.41) is 1.41. The lowest BCUT2D eigenvalue weighted by atomic mass is 10.4. The van der Waals surface area contributed by atoms with Gasteiger partial charge in [0.05, 0.1) is 5.39 Å². The Morgan fingerprint density at radius 1 is 1.53 bits per heavy atom. The van der Waals surface area contributed by atoms with Crippen LogP contribution in [-0.4, -0.2) is 41.3 Å². The molecule has 2 aromatic rings. The lowest BCUT2D eigenvalue weighted by Crippen LogP contribution is -2.15. The summed E-state index contributed by atoms with van der Waals surface area (Å²) in [6.07, 6.45) is 0. The highest BCUT2D eigenvalue weighted by Gasteiger charge is 2.07. The second-order valence-corrected chi connectivity index (χ2v) is 6.42. The minimum atomic E-state index is -0.0355. The van der Waals surface area contributed by atoms with E-state index in [1.54, 1.807) is 23.1 Å². The summed E-state index contributed by atoms with van der Waals surface area (Å²) >= 11 is 3.15. The van der Waals surface area contributed by atoms with Crippen LogP contribution >= 0.6 is 23.1 Å². The van der Waals surface area contributed by atoms with Crippen LogP contribution in [0.3, 0.4) is 0 Å². The molecule has 0 saturated carbocycles. The van der Waals surface area contributed by atoms with Crippen molar-refractivity contribution in [3.05, 3.63) is 21.3 Å². The predicted molar refractivity (Wildman–Crippen MR) is 74.3 cm³/mol. The summed E-state index contributed by atoms with van der Waals surface area (Å²) in [7, 11) is 4.06. The zero-order valence-corrected chi connectivity index (χ0v) is 11.7. The van der Waals surface area contributed by atoms with Gasteiger partial charge in [0.15, 0.2) is 5.16 Å². The van der Waals surface area contributed by atoms with Gasteiger partial charge in [-0.25, -0.2) is 4.98 Å². The Hall–Kier alpha value is -0.850. The number of thioether (sulfide) groups is 1. The Balaban J connectivity index is 2.21. The molecule has 0 amide bonds. The molecule has 4 nitrogen and oxygen atoms in total. The van der Waals surface area contributed by atoms with Crippen LogP contribution in [0.4, 0.5) is 0 Å². The number of rotatable bonds is 4. The van der Waals surface area contributed by atoms with Crippen molar-refractivity contribution in [3.63, 3.8) is 0 Å². The number of H-pyrrole nitrogens is 1. The van der Waals surface area contributed by atoms with Gasteiger partial charge in [0.1, 0.15) is 4.83 Å². The zero-order valence-electron chi connectivity index (χ0n) is 10.1. The van der Waals surface area contributed by atoms with Crippen LogP contribution in [-0.2, 0) is 0 Å². The van der Waals surface area contributed by atoms with Gasteiger partial charge in [-0.05, 0) is 27.1 Å². The molecular formula is C11H15N3OS2. The van der Waals surface area contributed by atoms with Crippen LogP contribution in [0.1, 0.15) is 4.88 Å². The van der Waals surface area contributed by atoms with Gasteiger partial charge in [0, 0.05) is 17.2 Å². The first-order valence-corrected chi connectivity index (χ1v) is 7.14. The van der Waals surface area contributed by atoms with Crippen LogP contribution < -0.4 is 5.56 Å². The lowest BCUT2D eigenvalue weighted by molar-refractivity contribution is 0.437. The van der Waals surface area contributed by atoms with Gasteiger partial charge in [-0.3, -0.25) is 4.79 Å². The summed E-state index contributed by atoms with van der Waals surface area (Å²) < 4.78 is 0. The minimum Gasteiger partial charge on any atom is -0.309 e. The van der Waals surface area contributed by atoms with E-state index in [9.17, 15) is 4.79 Å². The third-order valence-electron chi connectivity index (χ3n) is 2.28. The van der Waals surface area contributed by atoms with Crippen molar-refractivity contribution < 1.29 is 0 Å². The summed E-state index contributed by atoms with van der Waals surface area (Å²) in [4.78, 5) is 23.1. The van der Waals surface area contributed by atoms with E-state index in [1.807, 2.05) is 27.1 Å². The number of nitrogens with zero attached hydrogens (tertiary/aromatic N) is 2. The smallest absolute Gasteiger partial charge is 0.260 e. The van der Waals surface area contributed by atoms with Gasteiger partial charge in [0.2, 0.25) is 0 Å². The minimum absolute atomic E-state index is 0.0355. The molecule has 92 valence electrons. The molecule has 2 heterocycles. The zero-order chi connectivity index (χ0) is 12.4. The maximum atomic E-state index is 11.8. The topological polar surface area (TPSA) is 49.0 Å². The van der Waals surface area contributed by atoms with Crippen molar-refractivity contribution in [2.45, 2.75) is 12.1 Å². The molecule has 2 rings (SSSR count). The molecule has 0 aliphatic rings. The second kappa shape index (κ2) is 5.20. The number of aromatic nitrogens is 2. The number of aryl methyl sites for hydroxylation is 1. The number of hydrogen-bond donors (Lipinski definition) is 1. The van der Waals surface area contributed by atoms with E-state index in [0.29, 0.717) is 10.5 Å². The first kappa shape index (κ1) is 12.6. The molecule has 6 heteroatoms. The van der Waals surface area contributed by atoms with Gasteiger partial charge < -0.3 is 9.88 Å². The quantitative estimate of drug-likeness (QED) is 0.681. The Labute approximate surface area is 108 Å². The average molecular weight is 269 g/mol. The van der Waals surface area contributed by atoms with E-state index in [-0.39, 0.29) is 5.56 Å². The fourth-order valence-corrected chi connectivity index (χ4v) is 3.33. The van der Waals surface area contributed by atoms with Crippen molar-refractivity contribution in [1.82, 2.24) is 14.9 Å². The van der Waals surface area contributed by atoms with Gasteiger partial charge >= 0.3 is 0 Å². The maximum absolute atomic E-state index is 11.8. The van der Waals surface area contributed by atoms with E-state index in [1.165, 1.54) is 0 Å². The maximum Gasteiger partial charge on any atom is 0.260 e. The largest absolute Gasteiger partial charge is 0.309 e. The van der Waals surface area contributed by atoms with E-state index in [0.717, 1.165) is 22.0 Å². The van der Waals surface area contributed by atoms with Crippen LogP contribution in [0.2, 0.25) is 0 Å². The van der Waals surface area contributed by atoms with Gasteiger partial charge in [-0.15, -0.1) is 11.3 Å². The highest BCUT2D eigenvalue weighted by Crippen LogP contribution is 2.22. The van der Waals surface area contributed by atoms with Crippen LogP contribution in [0, 0.1) is 6.92 Å². The first-order valence-electron chi connectivity index (χ1n) is 5.34. The lowest BCUT2D eigenvalue weighted by Gasteiger charge is -2.07. The van der Waals surface area contributed by atoms with Crippen molar-refractivity contribution in [1.29, 1.82) is 0 Å². The summed E-state index contributed by atoms with van der Waals surface area (Å²) in [6, 6.07) is 1.89. The summed E-state index contributed by atoms with van der Waals surface area (Å²) in [6.45, 7) is 2.96. The molecule has 0 radical (unpaired) electrons. The van der Waals surface area contributed by atoms with Gasteiger partial charge in [-0.2, -0.15) is 0 Å². The molecular weight excluding hydrogens is 254 g/mol. The van der Waals surface area contributed by atoms with E-state index in [4.69, 9.17) is 0 Å². The van der Waals surface area contributed by atoms with E-state index < -0.39 is 0 Å². The third kappa shape index (κ3) is 3.08.